The number of benzene rings is 1. The first kappa shape index (κ1) is 14.1. The molecule has 1 unspecified atom stereocenters. The molecule has 0 aromatic heterocycles. The van der Waals surface area contributed by atoms with E-state index in [2.05, 4.69) is 5.32 Å². The van der Waals surface area contributed by atoms with Gasteiger partial charge in [0.15, 0.2) is 0 Å². The largest absolute Gasteiger partial charge is 0.356 e. The third-order valence-corrected chi connectivity index (χ3v) is 2.41. The Kier molecular flexibility index (Phi) is 5.26. The predicted octanol–water partition coefficient (Wildman–Crippen LogP) is 0.991. The molecule has 0 saturated heterocycles. The van der Waals surface area contributed by atoms with Crippen LogP contribution in [-0.4, -0.2) is 23.4 Å². The molecule has 0 radical (unpaired) electrons. The standard InChI is InChI=1S/C12H17N3O3/c1-9(13)8-12(16)14-7-6-10-4-2-3-5-11(10)15(17)18/h2-5,9H,6-8,13H2,1H3,(H,14,16). The number of amides is 1. The van der Waals surface area contributed by atoms with Gasteiger partial charge in [0.2, 0.25) is 5.91 Å². The van der Waals surface area contributed by atoms with Crippen LogP contribution in [0.25, 0.3) is 0 Å². The highest BCUT2D eigenvalue weighted by atomic mass is 16.6. The smallest absolute Gasteiger partial charge is 0.272 e. The van der Waals surface area contributed by atoms with E-state index < -0.39 is 4.92 Å². The Bertz CT molecular complexity index is 432. The van der Waals surface area contributed by atoms with Gasteiger partial charge in [0.25, 0.3) is 5.69 Å². The minimum atomic E-state index is -0.418. The molecule has 1 aromatic carbocycles. The number of nitrogens with two attached hydrogens (primary N) is 1. The number of para-hydroxylation sites is 1. The molecule has 0 spiro atoms. The number of nitro benzene ring substituents is 1. The van der Waals surface area contributed by atoms with E-state index in [4.69, 9.17) is 5.73 Å². The first-order chi connectivity index (χ1) is 8.50. The summed E-state index contributed by atoms with van der Waals surface area (Å²) in [6.45, 7) is 2.12. The van der Waals surface area contributed by atoms with Crippen LogP contribution in [0.4, 0.5) is 5.69 Å². The summed E-state index contributed by atoms with van der Waals surface area (Å²) >= 11 is 0. The monoisotopic (exact) mass is 251 g/mol. The molecule has 0 heterocycles. The van der Waals surface area contributed by atoms with Gasteiger partial charge >= 0.3 is 0 Å². The number of hydrogen-bond acceptors (Lipinski definition) is 4. The van der Waals surface area contributed by atoms with Crippen molar-refractivity contribution in [1.82, 2.24) is 5.32 Å². The number of hydrogen-bond donors (Lipinski definition) is 2. The number of nitrogens with one attached hydrogen (secondary N) is 1. The summed E-state index contributed by atoms with van der Waals surface area (Å²) in [7, 11) is 0. The summed E-state index contributed by atoms with van der Waals surface area (Å²) in [5, 5.41) is 13.5. The van der Waals surface area contributed by atoms with Crippen molar-refractivity contribution in [3.8, 4) is 0 Å². The van der Waals surface area contributed by atoms with Gasteiger partial charge in [-0.2, -0.15) is 0 Å². The number of carbonyl (C=O) groups is 1. The van der Waals surface area contributed by atoms with Gasteiger partial charge in [-0.15, -0.1) is 0 Å². The average Bonchev–Trinajstić information content (AvgIpc) is 2.28. The zero-order valence-electron chi connectivity index (χ0n) is 10.3. The highest BCUT2D eigenvalue weighted by Crippen LogP contribution is 2.17. The molecule has 0 aliphatic rings. The highest BCUT2D eigenvalue weighted by molar-refractivity contribution is 5.76. The normalized spacial score (nSPS) is 11.9. The van der Waals surface area contributed by atoms with Crippen LogP contribution < -0.4 is 11.1 Å². The lowest BCUT2D eigenvalue weighted by Crippen LogP contribution is -2.31. The van der Waals surface area contributed by atoms with Crippen molar-refractivity contribution in [2.24, 2.45) is 5.73 Å². The van der Waals surface area contributed by atoms with Crippen LogP contribution in [0.2, 0.25) is 0 Å². The Labute approximate surface area is 105 Å². The number of nitro groups is 1. The van der Waals surface area contributed by atoms with Crippen LogP contribution in [0.3, 0.4) is 0 Å². The van der Waals surface area contributed by atoms with Gasteiger partial charge in [0.05, 0.1) is 4.92 Å². The van der Waals surface area contributed by atoms with E-state index in [1.54, 1.807) is 25.1 Å². The molecule has 1 aromatic rings. The summed E-state index contributed by atoms with van der Waals surface area (Å²) < 4.78 is 0. The van der Waals surface area contributed by atoms with E-state index in [9.17, 15) is 14.9 Å². The minimum Gasteiger partial charge on any atom is -0.356 e. The van der Waals surface area contributed by atoms with Gasteiger partial charge in [0.1, 0.15) is 0 Å². The van der Waals surface area contributed by atoms with Crippen LogP contribution in [0.15, 0.2) is 24.3 Å². The summed E-state index contributed by atoms with van der Waals surface area (Å²) in [6.07, 6.45) is 0.693. The first-order valence-corrected chi connectivity index (χ1v) is 5.75. The highest BCUT2D eigenvalue weighted by Gasteiger charge is 2.12. The van der Waals surface area contributed by atoms with Gasteiger partial charge in [-0.1, -0.05) is 18.2 Å². The summed E-state index contributed by atoms with van der Waals surface area (Å²) in [6, 6.07) is 6.33. The Balaban J connectivity index is 2.49. The maximum atomic E-state index is 11.3. The van der Waals surface area contributed by atoms with Crippen molar-refractivity contribution >= 4 is 11.6 Å². The molecule has 3 N–H and O–H groups in total. The van der Waals surface area contributed by atoms with Gasteiger partial charge in [-0.25, -0.2) is 0 Å². The Morgan fingerprint density at radius 2 is 2.17 bits per heavy atom. The molecule has 6 nitrogen and oxygen atoms in total. The van der Waals surface area contributed by atoms with Crippen molar-refractivity contribution in [2.45, 2.75) is 25.8 Å². The van der Waals surface area contributed by atoms with E-state index in [0.717, 1.165) is 0 Å². The van der Waals surface area contributed by atoms with Crippen LogP contribution >= 0.6 is 0 Å². The molecule has 18 heavy (non-hydrogen) atoms. The van der Waals surface area contributed by atoms with Gasteiger partial charge in [0, 0.05) is 30.6 Å². The Morgan fingerprint density at radius 3 is 2.78 bits per heavy atom. The molecular weight excluding hydrogens is 234 g/mol. The Morgan fingerprint density at radius 1 is 1.50 bits per heavy atom. The topological polar surface area (TPSA) is 98.3 Å². The van der Waals surface area contributed by atoms with Crippen molar-refractivity contribution in [3.63, 3.8) is 0 Å². The van der Waals surface area contributed by atoms with E-state index in [1.165, 1.54) is 6.07 Å². The molecule has 0 bridgehead atoms. The molecule has 0 aliphatic carbocycles. The minimum absolute atomic E-state index is 0.0824. The fraction of sp³-hybridized carbons (Fsp3) is 0.417. The zero-order valence-corrected chi connectivity index (χ0v) is 10.3. The van der Waals surface area contributed by atoms with Crippen LogP contribution in [0.1, 0.15) is 18.9 Å². The second-order valence-corrected chi connectivity index (χ2v) is 4.17. The lowest BCUT2D eigenvalue weighted by molar-refractivity contribution is -0.385. The van der Waals surface area contributed by atoms with E-state index in [1.807, 2.05) is 0 Å². The van der Waals surface area contributed by atoms with Crippen molar-refractivity contribution in [2.75, 3.05) is 6.54 Å². The molecule has 1 atom stereocenters. The SMILES string of the molecule is CC(N)CC(=O)NCCc1ccccc1[N+](=O)[O-]. The quantitative estimate of drug-likeness (QED) is 0.581. The molecule has 1 rings (SSSR count). The third-order valence-electron chi connectivity index (χ3n) is 2.41. The lowest BCUT2D eigenvalue weighted by Gasteiger charge is -2.07. The predicted molar refractivity (Wildman–Crippen MR) is 68.1 cm³/mol. The van der Waals surface area contributed by atoms with Gasteiger partial charge in [-0.3, -0.25) is 14.9 Å². The molecule has 0 saturated carbocycles. The average molecular weight is 251 g/mol. The van der Waals surface area contributed by atoms with Crippen molar-refractivity contribution in [1.29, 1.82) is 0 Å². The summed E-state index contributed by atoms with van der Waals surface area (Å²) in [5.41, 5.74) is 6.19. The van der Waals surface area contributed by atoms with Crippen molar-refractivity contribution in [3.05, 3.63) is 39.9 Å². The molecule has 6 heteroatoms. The fourth-order valence-corrected chi connectivity index (χ4v) is 1.60. The summed E-state index contributed by atoms with van der Waals surface area (Å²) in [5.74, 6) is -0.136. The van der Waals surface area contributed by atoms with Crippen LogP contribution in [-0.2, 0) is 11.2 Å². The number of carbonyl (C=O) groups excluding carboxylic acids is 1. The molecule has 0 aliphatic heterocycles. The zero-order chi connectivity index (χ0) is 13.5. The van der Waals surface area contributed by atoms with E-state index >= 15 is 0 Å². The van der Waals surface area contributed by atoms with Crippen molar-refractivity contribution < 1.29 is 9.72 Å². The van der Waals surface area contributed by atoms with Crippen LogP contribution in [0.5, 0.6) is 0 Å². The maximum Gasteiger partial charge on any atom is 0.272 e. The molecular formula is C12H17N3O3. The molecule has 0 fully saturated rings. The van der Waals surface area contributed by atoms with E-state index in [-0.39, 0.29) is 24.1 Å². The second-order valence-electron chi connectivity index (χ2n) is 4.17. The van der Waals surface area contributed by atoms with Gasteiger partial charge < -0.3 is 11.1 Å². The first-order valence-electron chi connectivity index (χ1n) is 5.75. The second kappa shape index (κ2) is 6.70. The maximum absolute atomic E-state index is 11.3. The Hall–Kier alpha value is -1.95. The lowest BCUT2D eigenvalue weighted by atomic mass is 10.1. The number of rotatable bonds is 6. The summed E-state index contributed by atoms with van der Waals surface area (Å²) in [4.78, 5) is 21.7. The van der Waals surface area contributed by atoms with E-state index in [0.29, 0.717) is 18.5 Å². The fourth-order valence-electron chi connectivity index (χ4n) is 1.60. The third kappa shape index (κ3) is 4.50. The molecule has 1 amide bonds. The van der Waals surface area contributed by atoms with Crippen LogP contribution in [0, 0.1) is 10.1 Å². The van der Waals surface area contributed by atoms with Gasteiger partial charge in [-0.05, 0) is 13.3 Å². The number of nitrogens with zero attached hydrogens (tertiary/aromatic N) is 1. The molecule has 98 valence electrons.